The molecule has 0 aromatic carbocycles. The number of nitrogens with zero attached hydrogens (tertiary/aromatic N) is 2. The van der Waals surface area contributed by atoms with Gasteiger partial charge in [0.2, 0.25) is 0 Å². The van der Waals surface area contributed by atoms with Gasteiger partial charge in [-0.2, -0.15) is 0 Å². The summed E-state index contributed by atoms with van der Waals surface area (Å²) in [5, 5.41) is 14.9. The summed E-state index contributed by atoms with van der Waals surface area (Å²) in [5.41, 5.74) is 0.106. The van der Waals surface area contributed by atoms with Crippen LogP contribution >= 0.6 is 24.2 Å². The van der Waals surface area contributed by atoms with Crippen LogP contribution in [0.25, 0.3) is 0 Å². The van der Waals surface area contributed by atoms with Gasteiger partial charge in [-0.1, -0.05) is 11.8 Å². The van der Waals surface area contributed by atoms with E-state index in [0.717, 1.165) is 19.5 Å². The quantitative estimate of drug-likeness (QED) is 0.665. The molecule has 1 N–H and O–H groups in total. The monoisotopic (exact) mass is 261 g/mol. The van der Waals surface area contributed by atoms with Gasteiger partial charge in [-0.15, -0.1) is 12.4 Å². The van der Waals surface area contributed by atoms with E-state index < -0.39 is 0 Å². The van der Waals surface area contributed by atoms with E-state index in [0.29, 0.717) is 10.3 Å². The van der Waals surface area contributed by atoms with Crippen molar-refractivity contribution in [3.8, 4) is 0 Å². The summed E-state index contributed by atoms with van der Waals surface area (Å²) >= 11 is 1.49. The highest BCUT2D eigenvalue weighted by Gasteiger charge is 2.21. The molecule has 5 nitrogen and oxygen atoms in total. The molecule has 0 saturated carbocycles. The van der Waals surface area contributed by atoms with E-state index in [2.05, 4.69) is 10.3 Å². The van der Waals surface area contributed by atoms with Gasteiger partial charge in [0.1, 0.15) is 0 Å². The molecule has 0 aliphatic carbocycles. The van der Waals surface area contributed by atoms with Crippen LogP contribution in [0.15, 0.2) is 23.4 Å². The van der Waals surface area contributed by atoms with E-state index in [9.17, 15) is 10.1 Å². The van der Waals surface area contributed by atoms with Crippen molar-refractivity contribution >= 4 is 29.9 Å². The zero-order valence-corrected chi connectivity index (χ0v) is 10.1. The fraction of sp³-hybridized carbons (Fsp3) is 0.444. The van der Waals surface area contributed by atoms with Crippen LogP contribution in [0.3, 0.4) is 0 Å². The summed E-state index contributed by atoms with van der Waals surface area (Å²) in [5.74, 6) is 0. The van der Waals surface area contributed by atoms with Gasteiger partial charge in [-0.25, -0.2) is 4.98 Å². The van der Waals surface area contributed by atoms with Gasteiger partial charge >= 0.3 is 5.69 Å². The smallest absolute Gasteiger partial charge is 0.301 e. The molecule has 1 aromatic heterocycles. The standard InChI is InChI=1S/C9H11N3O2S.ClH/c13-12(14)8-2-1-4-11-9(8)15-7-3-5-10-6-7;/h1-2,4,7,10H,3,5-6H2;1H. The Hall–Kier alpha value is -0.850. The van der Waals surface area contributed by atoms with Crippen LogP contribution in [-0.4, -0.2) is 28.2 Å². The number of aromatic nitrogens is 1. The van der Waals surface area contributed by atoms with Crippen LogP contribution in [0.4, 0.5) is 5.69 Å². The number of hydrogen-bond donors (Lipinski definition) is 1. The Balaban J connectivity index is 0.00000128. The fourth-order valence-electron chi connectivity index (χ4n) is 1.50. The first-order valence-corrected chi connectivity index (χ1v) is 5.62. The number of thioether (sulfide) groups is 1. The Labute approximate surface area is 104 Å². The highest BCUT2D eigenvalue weighted by atomic mass is 35.5. The van der Waals surface area contributed by atoms with Crippen LogP contribution in [-0.2, 0) is 0 Å². The molecule has 1 unspecified atom stereocenters. The van der Waals surface area contributed by atoms with E-state index in [1.165, 1.54) is 17.8 Å². The molecule has 1 saturated heterocycles. The minimum atomic E-state index is -0.377. The molecule has 1 atom stereocenters. The molecule has 88 valence electrons. The Kier molecular flexibility index (Phi) is 4.98. The maximum absolute atomic E-state index is 10.7. The first-order chi connectivity index (χ1) is 7.27. The fourth-order valence-corrected chi connectivity index (χ4v) is 2.64. The molecule has 0 bridgehead atoms. The molecule has 1 fully saturated rings. The second kappa shape index (κ2) is 6.03. The van der Waals surface area contributed by atoms with E-state index in [1.54, 1.807) is 12.3 Å². The zero-order valence-electron chi connectivity index (χ0n) is 8.46. The number of rotatable bonds is 3. The van der Waals surface area contributed by atoms with Crippen molar-refractivity contribution in [3.05, 3.63) is 28.4 Å². The summed E-state index contributed by atoms with van der Waals surface area (Å²) in [6.45, 7) is 1.89. The molecule has 0 radical (unpaired) electrons. The molecule has 1 aliphatic rings. The first kappa shape index (κ1) is 13.2. The van der Waals surface area contributed by atoms with Gasteiger partial charge in [0.15, 0.2) is 5.03 Å². The van der Waals surface area contributed by atoms with Crippen molar-refractivity contribution < 1.29 is 4.92 Å². The Morgan fingerprint density at radius 3 is 3.06 bits per heavy atom. The lowest BCUT2D eigenvalue weighted by Gasteiger charge is -2.06. The van der Waals surface area contributed by atoms with Gasteiger partial charge in [0.05, 0.1) is 4.92 Å². The number of pyridine rings is 1. The summed E-state index contributed by atoms with van der Waals surface area (Å²) in [6, 6.07) is 3.09. The minimum absolute atomic E-state index is 0. The van der Waals surface area contributed by atoms with Gasteiger partial charge in [-0.05, 0) is 19.0 Å². The summed E-state index contributed by atoms with van der Waals surface area (Å²) in [4.78, 5) is 14.4. The molecule has 16 heavy (non-hydrogen) atoms. The molecule has 1 aromatic rings. The highest BCUT2D eigenvalue weighted by Crippen LogP contribution is 2.31. The molecule has 2 rings (SSSR count). The number of halogens is 1. The zero-order chi connectivity index (χ0) is 10.7. The Morgan fingerprint density at radius 1 is 1.62 bits per heavy atom. The third kappa shape index (κ3) is 3.07. The van der Waals surface area contributed by atoms with Crippen molar-refractivity contribution in [1.82, 2.24) is 10.3 Å². The van der Waals surface area contributed by atoms with Crippen molar-refractivity contribution in [3.63, 3.8) is 0 Å². The van der Waals surface area contributed by atoms with Gasteiger partial charge in [-0.3, -0.25) is 10.1 Å². The van der Waals surface area contributed by atoms with Crippen LogP contribution in [0, 0.1) is 10.1 Å². The average molecular weight is 262 g/mol. The Bertz CT molecular complexity index is 372. The molecular weight excluding hydrogens is 250 g/mol. The molecule has 2 heterocycles. The number of nitro groups is 1. The Morgan fingerprint density at radius 2 is 2.44 bits per heavy atom. The van der Waals surface area contributed by atoms with Gasteiger partial charge in [0.25, 0.3) is 0 Å². The molecule has 0 spiro atoms. The second-order valence-corrected chi connectivity index (χ2v) is 4.61. The largest absolute Gasteiger partial charge is 0.316 e. The molecule has 0 amide bonds. The van der Waals surface area contributed by atoms with Crippen LogP contribution in [0.5, 0.6) is 0 Å². The van der Waals surface area contributed by atoms with Crippen LogP contribution < -0.4 is 5.32 Å². The third-order valence-corrected chi connectivity index (χ3v) is 3.51. The summed E-state index contributed by atoms with van der Waals surface area (Å²) in [6.07, 6.45) is 2.64. The van der Waals surface area contributed by atoms with Crippen molar-refractivity contribution in [1.29, 1.82) is 0 Å². The molecule has 7 heteroatoms. The minimum Gasteiger partial charge on any atom is -0.316 e. The van der Waals surface area contributed by atoms with Gasteiger partial charge in [0, 0.05) is 24.1 Å². The number of nitrogens with one attached hydrogen (secondary N) is 1. The lowest BCUT2D eigenvalue weighted by Crippen LogP contribution is -2.10. The van der Waals surface area contributed by atoms with E-state index in [-0.39, 0.29) is 23.0 Å². The topological polar surface area (TPSA) is 68.1 Å². The maximum Gasteiger partial charge on any atom is 0.301 e. The first-order valence-electron chi connectivity index (χ1n) is 4.74. The van der Waals surface area contributed by atoms with Gasteiger partial charge < -0.3 is 5.32 Å². The molecular formula is C9H12ClN3O2S. The van der Waals surface area contributed by atoms with Crippen LogP contribution in [0.2, 0.25) is 0 Å². The molecule has 1 aliphatic heterocycles. The van der Waals surface area contributed by atoms with E-state index in [1.807, 2.05) is 0 Å². The average Bonchev–Trinajstić information content (AvgIpc) is 2.71. The number of hydrogen-bond acceptors (Lipinski definition) is 5. The van der Waals surface area contributed by atoms with E-state index in [4.69, 9.17) is 0 Å². The van der Waals surface area contributed by atoms with E-state index >= 15 is 0 Å². The van der Waals surface area contributed by atoms with Crippen LogP contribution in [0.1, 0.15) is 6.42 Å². The van der Waals surface area contributed by atoms with Crippen molar-refractivity contribution in [2.45, 2.75) is 16.7 Å². The summed E-state index contributed by atoms with van der Waals surface area (Å²) < 4.78 is 0. The maximum atomic E-state index is 10.7. The lowest BCUT2D eigenvalue weighted by molar-refractivity contribution is -0.388. The summed E-state index contributed by atoms with van der Waals surface area (Å²) in [7, 11) is 0. The predicted octanol–water partition coefficient (Wildman–Crippen LogP) is 1.87. The van der Waals surface area contributed by atoms with Crippen molar-refractivity contribution in [2.75, 3.05) is 13.1 Å². The van der Waals surface area contributed by atoms with Crippen molar-refractivity contribution in [2.24, 2.45) is 0 Å². The SMILES string of the molecule is Cl.O=[N+]([O-])c1cccnc1SC1CCNC1. The third-order valence-electron chi connectivity index (χ3n) is 2.24. The second-order valence-electron chi connectivity index (χ2n) is 3.32. The lowest BCUT2D eigenvalue weighted by atomic mass is 10.4. The normalized spacial score (nSPS) is 19.1. The predicted molar refractivity (Wildman–Crippen MR) is 65.3 cm³/mol. The highest BCUT2D eigenvalue weighted by molar-refractivity contribution is 8.00.